The number of primary amides is 2. The number of nitrogens with zero attached hydrogens (tertiary/aromatic N) is 3. The van der Waals surface area contributed by atoms with Crippen molar-refractivity contribution < 1.29 is 63.3 Å². The number of phenols is 1. The molecule has 3 aromatic rings. The summed E-state index contributed by atoms with van der Waals surface area (Å²) in [7, 11) is 0. The lowest BCUT2D eigenvalue weighted by atomic mass is 9.86. The molecule has 26 heteroatoms. The van der Waals surface area contributed by atoms with Crippen LogP contribution >= 0.6 is 0 Å². The number of aliphatic imine (C=N–C) groups is 1. The van der Waals surface area contributed by atoms with Gasteiger partial charge in [0.1, 0.15) is 11.8 Å². The topological polar surface area (TPSA) is 453 Å². The van der Waals surface area contributed by atoms with Crippen LogP contribution in [0.1, 0.15) is 116 Å². The van der Waals surface area contributed by atoms with Crippen molar-refractivity contribution in [3.63, 3.8) is 0 Å². The maximum atomic E-state index is 14.4. The number of Topliss-reactive ketones (excluding diaryl/α,β-unsaturated/α-hetero) is 4. The number of imidazole rings is 2. The molecule has 1 aromatic carbocycles. The summed E-state index contributed by atoms with van der Waals surface area (Å²) in [6.07, 6.45) is 1.95. The largest absolute Gasteiger partial charge is 0.508 e. The number of guanidine groups is 1. The Bertz CT molecular complexity index is 2590. The van der Waals surface area contributed by atoms with Crippen molar-refractivity contribution in [1.29, 1.82) is 0 Å². The number of carbonyl (C=O) groups is 10. The summed E-state index contributed by atoms with van der Waals surface area (Å²) in [5.41, 5.74) is 23.9. The lowest BCUT2D eigenvalue weighted by Gasteiger charge is -2.28. The van der Waals surface area contributed by atoms with Crippen LogP contribution in [-0.4, -0.2) is 143 Å². The fourth-order valence-electron chi connectivity index (χ4n) is 9.24. The fraction of sp³-hybridized carbons (Fsp3) is 0.582. The van der Waals surface area contributed by atoms with Gasteiger partial charge in [0.15, 0.2) is 29.1 Å². The normalized spacial score (nSPS) is 15.4. The van der Waals surface area contributed by atoms with Crippen LogP contribution in [0.5, 0.6) is 5.75 Å². The Hall–Kier alpha value is -7.87. The van der Waals surface area contributed by atoms with E-state index in [1.807, 2.05) is 13.8 Å². The quantitative estimate of drug-likeness (QED) is 0.0197. The number of aromatic nitrogens is 4. The van der Waals surface area contributed by atoms with Gasteiger partial charge in [-0.05, 0) is 62.1 Å². The summed E-state index contributed by atoms with van der Waals surface area (Å²) in [5, 5.41) is 41.7. The third kappa shape index (κ3) is 23.4. The third-order valence-corrected chi connectivity index (χ3v) is 14.0. The van der Waals surface area contributed by atoms with Crippen molar-refractivity contribution in [2.75, 3.05) is 13.2 Å². The predicted molar refractivity (Wildman–Crippen MR) is 296 cm³/mol. The van der Waals surface area contributed by atoms with Crippen LogP contribution in [-0.2, 0) is 67.2 Å². The van der Waals surface area contributed by atoms with Crippen molar-refractivity contribution in [2.45, 2.75) is 149 Å². The van der Waals surface area contributed by atoms with E-state index < -0.39 is 157 Å². The number of nitrogens with two attached hydrogens (primary N) is 4. The monoisotopic (exact) mass is 1130 g/mol. The van der Waals surface area contributed by atoms with E-state index in [1.165, 1.54) is 56.2 Å². The average Bonchev–Trinajstić information content (AvgIpc) is 4.13. The molecule has 0 unspecified atom stereocenters. The van der Waals surface area contributed by atoms with E-state index in [9.17, 15) is 63.3 Å². The third-order valence-electron chi connectivity index (χ3n) is 14.0. The smallest absolute Gasteiger partial charge is 0.226 e. The number of amides is 6. The fourth-order valence-corrected chi connectivity index (χ4v) is 9.24. The van der Waals surface area contributed by atoms with Crippen LogP contribution < -0.4 is 44.2 Å². The molecule has 0 aliphatic carbocycles. The molecule has 0 bridgehead atoms. The van der Waals surface area contributed by atoms with Gasteiger partial charge in [0.2, 0.25) is 35.4 Å². The van der Waals surface area contributed by atoms with E-state index in [-0.39, 0.29) is 62.7 Å². The summed E-state index contributed by atoms with van der Waals surface area (Å²) in [5.74, 6) is -13.9. The number of carbonyl (C=O) groups excluding carboxylic acids is 10. The molecule has 0 radical (unpaired) electrons. The number of benzene rings is 1. The molecule has 0 spiro atoms. The molecular weight excluding hydrogens is 1050 g/mol. The lowest BCUT2D eigenvalue weighted by molar-refractivity contribution is -0.138. The molecule has 26 nitrogen and oxygen atoms in total. The highest BCUT2D eigenvalue weighted by atomic mass is 16.3. The Morgan fingerprint density at radius 1 is 0.617 bits per heavy atom. The van der Waals surface area contributed by atoms with Crippen molar-refractivity contribution in [3.8, 4) is 5.75 Å². The lowest BCUT2D eigenvalue weighted by Crippen LogP contribution is -2.52. The van der Waals surface area contributed by atoms with E-state index >= 15 is 0 Å². The number of aromatic hydroxyl groups is 1. The van der Waals surface area contributed by atoms with Crippen LogP contribution in [0.4, 0.5) is 0 Å². The summed E-state index contributed by atoms with van der Waals surface area (Å²) in [4.78, 5) is 155. The van der Waals surface area contributed by atoms with Crippen molar-refractivity contribution in [3.05, 3.63) is 66.3 Å². The number of H-pyrrole nitrogens is 2. The zero-order chi connectivity index (χ0) is 60.5. The summed E-state index contributed by atoms with van der Waals surface area (Å²) in [6, 6.07) is 0.0821. The van der Waals surface area contributed by atoms with Crippen LogP contribution in [0.2, 0.25) is 0 Å². The second kappa shape index (κ2) is 33.7. The molecule has 0 aliphatic heterocycles. The number of aromatic amines is 2. The van der Waals surface area contributed by atoms with Crippen molar-refractivity contribution >= 4 is 64.5 Å². The zero-order valence-corrected chi connectivity index (χ0v) is 47.0. The van der Waals surface area contributed by atoms with Crippen molar-refractivity contribution in [1.82, 2.24) is 41.2 Å². The highest BCUT2D eigenvalue weighted by Crippen LogP contribution is 2.23. The molecule has 6 amide bonds. The number of hydrogen-bond acceptors (Lipinski definition) is 16. The van der Waals surface area contributed by atoms with E-state index in [1.54, 1.807) is 20.8 Å². The standard InChI is InChI=1S/C55H83N13O13/c1-7-30(4)48(45(74)19-35(50(57)77)17-38-24-60-27-63-38)67-53(80)36(16-33-10-12-40(71)13-11-33)20-43(72)42(23-47(56)76)66-52(79)34(9-8-14-62-55(58)59)18-46(75)49(32(6)70)68-54(81)37(26-69)21-44(73)41(22-39-25-61-28-64-39)65-51(78)31(5)15-29(2)3/h10-13,24-25,27-32,34-37,41-42,48-49,69-71H,7-9,14-23,26H2,1-6H3,(H2,56,76)(H2,57,77)(H,60,63)(H,61,64)(H,65,78)(H,66,79)(H,67,80)(H,68,81)(H4,58,59,62)/t30-,31-,32+,34+,35+,36+,37-,41-,42-,48-,49-/m0/s1. The summed E-state index contributed by atoms with van der Waals surface area (Å²) < 4.78 is 0. The van der Waals surface area contributed by atoms with Crippen molar-refractivity contribution in [2.24, 2.45) is 69.4 Å². The highest BCUT2D eigenvalue weighted by Gasteiger charge is 2.38. The minimum Gasteiger partial charge on any atom is -0.508 e. The predicted octanol–water partition coefficient (Wildman–Crippen LogP) is -0.377. The summed E-state index contributed by atoms with van der Waals surface area (Å²) in [6.45, 7) is 9.42. The van der Waals surface area contributed by atoms with Gasteiger partial charge in [0.25, 0.3) is 0 Å². The van der Waals surface area contributed by atoms with E-state index in [2.05, 4.69) is 46.2 Å². The minimum atomic E-state index is -1.71. The van der Waals surface area contributed by atoms with Gasteiger partial charge >= 0.3 is 0 Å². The number of aliphatic hydroxyl groups is 2. The van der Waals surface area contributed by atoms with Gasteiger partial charge in [-0.2, -0.15) is 0 Å². The Labute approximate surface area is 471 Å². The number of nitrogens with one attached hydrogen (secondary N) is 6. The number of hydrogen-bond donors (Lipinski definition) is 13. The highest BCUT2D eigenvalue weighted by molar-refractivity contribution is 5.99. The first kappa shape index (κ1) is 67.4. The van der Waals surface area contributed by atoms with Gasteiger partial charge in [-0.1, -0.05) is 53.2 Å². The van der Waals surface area contributed by atoms with E-state index in [0.29, 0.717) is 29.8 Å². The summed E-state index contributed by atoms with van der Waals surface area (Å²) >= 11 is 0. The van der Waals surface area contributed by atoms with Crippen LogP contribution in [0.25, 0.3) is 0 Å². The number of rotatable bonds is 39. The molecular formula is C55H83N13O13. The Balaban J connectivity index is 1.91. The number of phenolic OH excluding ortho intramolecular Hbond substituents is 1. The Morgan fingerprint density at radius 2 is 1.14 bits per heavy atom. The first-order chi connectivity index (χ1) is 38.2. The molecule has 3 rings (SSSR count). The molecule has 2 heterocycles. The second-order valence-corrected chi connectivity index (χ2v) is 21.4. The molecule has 2 aromatic heterocycles. The van der Waals surface area contributed by atoms with E-state index in [0.717, 1.165) is 0 Å². The molecule has 11 atom stereocenters. The maximum absolute atomic E-state index is 14.4. The van der Waals surface area contributed by atoms with Crippen LogP contribution in [0.3, 0.4) is 0 Å². The van der Waals surface area contributed by atoms with Gasteiger partial charge in [-0.3, -0.25) is 52.9 Å². The zero-order valence-electron chi connectivity index (χ0n) is 47.0. The number of ketones is 4. The first-order valence-electron chi connectivity index (χ1n) is 27.2. The van der Waals surface area contributed by atoms with Crippen LogP contribution in [0, 0.1) is 41.4 Å². The first-order valence-corrected chi connectivity index (χ1v) is 27.2. The van der Waals surface area contributed by atoms with E-state index in [4.69, 9.17) is 22.9 Å². The van der Waals surface area contributed by atoms with Crippen LogP contribution in [0.15, 0.2) is 54.3 Å². The van der Waals surface area contributed by atoms with Gasteiger partial charge < -0.3 is 69.5 Å². The molecule has 0 fully saturated rings. The second-order valence-electron chi connectivity index (χ2n) is 21.4. The number of aliphatic hydroxyl groups excluding tert-OH is 2. The molecule has 17 N–H and O–H groups in total. The molecule has 81 heavy (non-hydrogen) atoms. The van der Waals surface area contributed by atoms with Gasteiger partial charge in [-0.15, -0.1) is 0 Å². The van der Waals surface area contributed by atoms with Gasteiger partial charge in [0, 0.05) is 86.6 Å². The minimum absolute atomic E-state index is 0.0153. The molecule has 0 aliphatic rings. The average molecular weight is 1130 g/mol. The maximum Gasteiger partial charge on any atom is 0.226 e. The molecule has 0 saturated heterocycles. The Kier molecular flexibility index (Phi) is 28.0. The SMILES string of the molecule is CC[C@H](C)[C@H](NC(=O)[C@@H](CC(=O)[C@H](CC(N)=O)NC(=O)[C@H](CCCN=C(N)N)CC(=O)[C@@H](NC(=O)[C@H](CO)CC(=O)[C@H](Cc1cnc[nH]1)NC(=O)[C@@H](C)CC(C)C)[C@@H](C)O)Cc1ccc(O)cc1)C(=O)C[C@@H](Cc1cnc[nH]1)C(N)=O. The Morgan fingerprint density at radius 3 is 1.67 bits per heavy atom. The van der Waals surface area contributed by atoms with Gasteiger partial charge in [0.05, 0.1) is 61.7 Å². The molecule has 0 saturated carbocycles. The van der Waals surface area contributed by atoms with Gasteiger partial charge in [-0.25, -0.2) is 9.97 Å². The molecule has 446 valence electrons.